The second-order valence-corrected chi connectivity index (χ2v) is 4.58. The van der Waals surface area contributed by atoms with E-state index in [4.69, 9.17) is 0 Å². The molecule has 0 amide bonds. The standard InChI is InChI=1S/C14H22N2/c1-2-15-14-9-11-16(12-14)10-8-13-6-4-3-5-7-13/h3-7,14-15H,2,8-12H2,1H3. The summed E-state index contributed by atoms with van der Waals surface area (Å²) in [7, 11) is 0. The van der Waals surface area contributed by atoms with Gasteiger partial charge in [-0.3, -0.25) is 0 Å². The lowest BCUT2D eigenvalue weighted by Crippen LogP contribution is -2.32. The highest BCUT2D eigenvalue weighted by Crippen LogP contribution is 2.10. The number of likely N-dealkylation sites (N-methyl/N-ethyl adjacent to an activating group) is 1. The second-order valence-electron chi connectivity index (χ2n) is 4.58. The van der Waals surface area contributed by atoms with E-state index in [1.165, 1.54) is 38.0 Å². The van der Waals surface area contributed by atoms with Crippen LogP contribution in [0.3, 0.4) is 0 Å². The molecule has 1 aliphatic heterocycles. The van der Waals surface area contributed by atoms with E-state index in [0.29, 0.717) is 0 Å². The number of likely N-dealkylation sites (tertiary alicyclic amines) is 1. The van der Waals surface area contributed by atoms with Gasteiger partial charge >= 0.3 is 0 Å². The summed E-state index contributed by atoms with van der Waals surface area (Å²) in [6.45, 7) is 6.96. The van der Waals surface area contributed by atoms with Crippen LogP contribution in [0.1, 0.15) is 18.9 Å². The second kappa shape index (κ2) is 6.02. The highest BCUT2D eigenvalue weighted by atomic mass is 15.2. The molecule has 2 nitrogen and oxygen atoms in total. The summed E-state index contributed by atoms with van der Waals surface area (Å²) in [6.07, 6.45) is 2.49. The van der Waals surface area contributed by atoms with E-state index in [1.54, 1.807) is 0 Å². The zero-order chi connectivity index (χ0) is 11.2. The van der Waals surface area contributed by atoms with Crippen LogP contribution < -0.4 is 5.32 Å². The largest absolute Gasteiger partial charge is 0.313 e. The van der Waals surface area contributed by atoms with E-state index in [2.05, 4.69) is 47.5 Å². The van der Waals surface area contributed by atoms with Crippen LogP contribution in [-0.4, -0.2) is 37.1 Å². The maximum Gasteiger partial charge on any atom is 0.0207 e. The predicted octanol–water partition coefficient (Wildman–Crippen LogP) is 1.91. The van der Waals surface area contributed by atoms with Crippen LogP contribution in [-0.2, 0) is 6.42 Å². The van der Waals surface area contributed by atoms with Gasteiger partial charge in [0.25, 0.3) is 0 Å². The van der Waals surface area contributed by atoms with Gasteiger partial charge in [0.05, 0.1) is 0 Å². The third-order valence-electron chi connectivity index (χ3n) is 3.32. The van der Waals surface area contributed by atoms with Gasteiger partial charge in [0.2, 0.25) is 0 Å². The van der Waals surface area contributed by atoms with Gasteiger partial charge in [-0.1, -0.05) is 37.3 Å². The summed E-state index contributed by atoms with van der Waals surface area (Å²) in [5.74, 6) is 0. The Hall–Kier alpha value is -0.860. The number of benzene rings is 1. The van der Waals surface area contributed by atoms with Gasteiger partial charge in [0.1, 0.15) is 0 Å². The molecular weight excluding hydrogens is 196 g/mol. The van der Waals surface area contributed by atoms with Crippen LogP contribution in [0.25, 0.3) is 0 Å². The number of hydrogen-bond donors (Lipinski definition) is 1. The molecule has 2 heteroatoms. The summed E-state index contributed by atoms with van der Waals surface area (Å²) >= 11 is 0. The minimum Gasteiger partial charge on any atom is -0.313 e. The molecule has 1 aromatic rings. The van der Waals surface area contributed by atoms with Crippen LogP contribution >= 0.6 is 0 Å². The molecule has 1 unspecified atom stereocenters. The first-order valence-corrected chi connectivity index (χ1v) is 6.38. The fourth-order valence-corrected chi connectivity index (χ4v) is 2.42. The maximum atomic E-state index is 3.53. The number of nitrogens with one attached hydrogen (secondary N) is 1. The predicted molar refractivity (Wildman–Crippen MR) is 68.7 cm³/mol. The topological polar surface area (TPSA) is 15.3 Å². The Kier molecular flexibility index (Phi) is 4.37. The Morgan fingerprint density at radius 1 is 1.31 bits per heavy atom. The molecule has 0 aliphatic carbocycles. The smallest absolute Gasteiger partial charge is 0.0207 e. The van der Waals surface area contributed by atoms with Crippen LogP contribution in [0.15, 0.2) is 30.3 Å². The molecule has 1 fully saturated rings. The van der Waals surface area contributed by atoms with E-state index in [0.717, 1.165) is 12.6 Å². The first-order valence-electron chi connectivity index (χ1n) is 6.38. The van der Waals surface area contributed by atoms with Crippen molar-refractivity contribution in [1.29, 1.82) is 0 Å². The Morgan fingerprint density at radius 3 is 2.88 bits per heavy atom. The molecular formula is C14H22N2. The van der Waals surface area contributed by atoms with Crippen molar-refractivity contribution >= 4 is 0 Å². The van der Waals surface area contributed by atoms with Gasteiger partial charge < -0.3 is 10.2 Å². The quantitative estimate of drug-likeness (QED) is 0.812. The summed E-state index contributed by atoms with van der Waals surface area (Å²) in [5.41, 5.74) is 1.45. The van der Waals surface area contributed by atoms with Crippen LogP contribution in [0.4, 0.5) is 0 Å². The minimum absolute atomic E-state index is 0.723. The summed E-state index contributed by atoms with van der Waals surface area (Å²) in [4.78, 5) is 2.57. The number of hydrogen-bond acceptors (Lipinski definition) is 2. The fraction of sp³-hybridized carbons (Fsp3) is 0.571. The lowest BCUT2D eigenvalue weighted by molar-refractivity contribution is 0.332. The van der Waals surface area contributed by atoms with E-state index < -0.39 is 0 Å². The van der Waals surface area contributed by atoms with Gasteiger partial charge in [-0.25, -0.2) is 0 Å². The molecule has 88 valence electrons. The first-order chi connectivity index (χ1) is 7.88. The highest BCUT2D eigenvalue weighted by molar-refractivity contribution is 5.14. The molecule has 2 rings (SSSR count). The summed E-state index contributed by atoms with van der Waals surface area (Å²) in [5, 5.41) is 3.53. The van der Waals surface area contributed by atoms with Crippen molar-refractivity contribution in [3.63, 3.8) is 0 Å². The normalized spacial score (nSPS) is 21.4. The zero-order valence-corrected chi connectivity index (χ0v) is 10.2. The van der Waals surface area contributed by atoms with Crippen molar-refractivity contribution in [3.05, 3.63) is 35.9 Å². The number of rotatable bonds is 5. The van der Waals surface area contributed by atoms with Crippen molar-refractivity contribution in [2.24, 2.45) is 0 Å². The molecule has 0 spiro atoms. The van der Waals surface area contributed by atoms with E-state index in [1.807, 2.05) is 0 Å². The maximum absolute atomic E-state index is 3.53. The third-order valence-corrected chi connectivity index (χ3v) is 3.32. The highest BCUT2D eigenvalue weighted by Gasteiger charge is 2.20. The monoisotopic (exact) mass is 218 g/mol. The SMILES string of the molecule is CCNC1CCN(CCc2ccccc2)C1. The molecule has 0 radical (unpaired) electrons. The van der Waals surface area contributed by atoms with Crippen LogP contribution in [0, 0.1) is 0 Å². The molecule has 1 heterocycles. The Morgan fingerprint density at radius 2 is 2.12 bits per heavy atom. The Balaban J connectivity index is 1.72. The fourth-order valence-electron chi connectivity index (χ4n) is 2.42. The molecule has 1 atom stereocenters. The molecule has 0 aromatic heterocycles. The molecule has 1 saturated heterocycles. The average molecular weight is 218 g/mol. The van der Waals surface area contributed by atoms with Gasteiger partial charge in [-0.2, -0.15) is 0 Å². The van der Waals surface area contributed by atoms with Crippen molar-refractivity contribution in [1.82, 2.24) is 10.2 Å². The summed E-state index contributed by atoms with van der Waals surface area (Å²) in [6, 6.07) is 11.5. The lowest BCUT2D eigenvalue weighted by atomic mass is 10.1. The zero-order valence-electron chi connectivity index (χ0n) is 10.2. The Bertz CT molecular complexity index is 297. The van der Waals surface area contributed by atoms with Gasteiger partial charge in [0.15, 0.2) is 0 Å². The third kappa shape index (κ3) is 3.32. The number of nitrogens with zero attached hydrogens (tertiary/aromatic N) is 1. The van der Waals surface area contributed by atoms with Gasteiger partial charge in [0, 0.05) is 19.1 Å². The molecule has 0 saturated carbocycles. The molecule has 1 aromatic carbocycles. The molecule has 0 bridgehead atoms. The van der Waals surface area contributed by atoms with Crippen molar-refractivity contribution in [2.75, 3.05) is 26.2 Å². The van der Waals surface area contributed by atoms with Gasteiger partial charge in [-0.05, 0) is 31.5 Å². The van der Waals surface area contributed by atoms with E-state index >= 15 is 0 Å². The molecule has 1 N–H and O–H groups in total. The lowest BCUT2D eigenvalue weighted by Gasteiger charge is -2.16. The van der Waals surface area contributed by atoms with Gasteiger partial charge in [-0.15, -0.1) is 0 Å². The van der Waals surface area contributed by atoms with Crippen molar-refractivity contribution in [2.45, 2.75) is 25.8 Å². The summed E-state index contributed by atoms with van der Waals surface area (Å²) < 4.78 is 0. The molecule has 1 aliphatic rings. The van der Waals surface area contributed by atoms with Crippen LogP contribution in [0.2, 0.25) is 0 Å². The van der Waals surface area contributed by atoms with Crippen molar-refractivity contribution < 1.29 is 0 Å². The minimum atomic E-state index is 0.723. The van der Waals surface area contributed by atoms with Crippen molar-refractivity contribution in [3.8, 4) is 0 Å². The first kappa shape index (κ1) is 11.6. The average Bonchev–Trinajstić information content (AvgIpc) is 2.76. The van der Waals surface area contributed by atoms with Crippen LogP contribution in [0.5, 0.6) is 0 Å². The van der Waals surface area contributed by atoms with E-state index in [-0.39, 0.29) is 0 Å². The Labute approximate surface area is 98.7 Å². The molecule has 16 heavy (non-hydrogen) atoms. The van der Waals surface area contributed by atoms with E-state index in [9.17, 15) is 0 Å².